The van der Waals surface area contributed by atoms with E-state index >= 15 is 0 Å². The second-order valence-corrected chi connectivity index (χ2v) is 8.82. The lowest BCUT2D eigenvalue weighted by molar-refractivity contribution is 0.0997. The first kappa shape index (κ1) is 22.7. The van der Waals surface area contributed by atoms with Gasteiger partial charge in [-0.1, -0.05) is 0 Å². The minimum Gasteiger partial charge on any atom is -0.496 e. The highest BCUT2D eigenvalue weighted by molar-refractivity contribution is 7.92. The SMILES string of the molecule is COc1ccc(S(=O)(=O)Nc2ccc(Nc3cc(-n4ccnc4C)ncn3)cc2)cc1C(N)=O. The number of nitrogens with one attached hydrogen (secondary N) is 2. The van der Waals surface area contributed by atoms with Crippen molar-refractivity contribution in [2.75, 3.05) is 17.1 Å². The van der Waals surface area contributed by atoms with Crippen molar-refractivity contribution >= 4 is 33.1 Å². The topological polar surface area (TPSA) is 154 Å². The fraction of sp³-hybridized carbons (Fsp3) is 0.0909. The lowest BCUT2D eigenvalue weighted by atomic mass is 10.2. The molecular formula is C22H21N7O4S. The van der Waals surface area contributed by atoms with Crippen molar-refractivity contribution in [2.45, 2.75) is 11.8 Å². The summed E-state index contributed by atoms with van der Waals surface area (Å²) >= 11 is 0. The Labute approximate surface area is 195 Å². The molecule has 0 aliphatic heterocycles. The Morgan fingerprint density at radius 3 is 2.41 bits per heavy atom. The fourth-order valence-electron chi connectivity index (χ4n) is 3.20. The number of rotatable bonds is 8. The molecule has 0 unspecified atom stereocenters. The lowest BCUT2D eigenvalue weighted by Gasteiger charge is -2.12. The van der Waals surface area contributed by atoms with Gasteiger partial charge >= 0.3 is 0 Å². The number of aromatic nitrogens is 4. The molecule has 0 saturated heterocycles. The normalized spacial score (nSPS) is 11.1. The summed E-state index contributed by atoms with van der Waals surface area (Å²) in [5.74, 6) is 1.41. The summed E-state index contributed by atoms with van der Waals surface area (Å²) in [6.45, 7) is 1.87. The Balaban J connectivity index is 1.50. The number of sulfonamides is 1. The van der Waals surface area contributed by atoms with Crippen LogP contribution in [0.3, 0.4) is 0 Å². The number of ether oxygens (including phenoxy) is 1. The molecule has 4 N–H and O–H groups in total. The van der Waals surface area contributed by atoms with Crippen LogP contribution in [0.4, 0.5) is 17.2 Å². The van der Waals surface area contributed by atoms with E-state index in [0.717, 1.165) is 5.82 Å². The molecule has 0 saturated carbocycles. The largest absolute Gasteiger partial charge is 0.496 e. The summed E-state index contributed by atoms with van der Waals surface area (Å²) in [6, 6.07) is 12.2. The van der Waals surface area contributed by atoms with Gasteiger partial charge in [-0.25, -0.2) is 23.4 Å². The first-order valence-electron chi connectivity index (χ1n) is 9.97. The minimum atomic E-state index is -3.96. The van der Waals surface area contributed by atoms with Gasteiger partial charge in [0.2, 0.25) is 0 Å². The van der Waals surface area contributed by atoms with Crippen molar-refractivity contribution in [2.24, 2.45) is 5.73 Å². The van der Waals surface area contributed by atoms with E-state index in [1.165, 1.54) is 31.6 Å². The van der Waals surface area contributed by atoms with E-state index in [9.17, 15) is 13.2 Å². The number of benzene rings is 2. The van der Waals surface area contributed by atoms with Gasteiger partial charge in [0, 0.05) is 29.8 Å². The van der Waals surface area contributed by atoms with Crippen LogP contribution in [0.1, 0.15) is 16.2 Å². The number of aryl methyl sites for hydroxylation is 1. The number of carbonyl (C=O) groups is 1. The molecule has 12 heteroatoms. The number of hydrogen-bond acceptors (Lipinski definition) is 8. The molecule has 0 fully saturated rings. The number of anilines is 3. The van der Waals surface area contributed by atoms with Crippen LogP contribution >= 0.6 is 0 Å². The molecular weight excluding hydrogens is 458 g/mol. The molecule has 0 aliphatic rings. The van der Waals surface area contributed by atoms with Gasteiger partial charge in [0.1, 0.15) is 29.5 Å². The Hall–Kier alpha value is -4.45. The monoisotopic (exact) mass is 479 g/mol. The van der Waals surface area contributed by atoms with Crippen LogP contribution in [-0.2, 0) is 10.0 Å². The smallest absolute Gasteiger partial charge is 0.261 e. The highest BCUT2D eigenvalue weighted by Crippen LogP contribution is 2.25. The zero-order chi connectivity index (χ0) is 24.3. The highest BCUT2D eigenvalue weighted by Gasteiger charge is 2.19. The standard InChI is InChI=1S/C22H21N7O4S/c1-14-24-9-10-29(14)21-12-20(25-13-26-21)27-15-3-5-16(6-4-15)28-34(31,32)17-7-8-19(33-2)18(11-17)22(23)30/h3-13,28H,1-2H3,(H2,23,30)(H,25,26,27). The molecule has 0 atom stereocenters. The van der Waals surface area contributed by atoms with Gasteiger partial charge in [-0.2, -0.15) is 0 Å². The second kappa shape index (κ2) is 9.19. The summed E-state index contributed by atoms with van der Waals surface area (Å²) < 4.78 is 34.9. The molecule has 11 nitrogen and oxygen atoms in total. The van der Waals surface area contributed by atoms with E-state index in [-0.39, 0.29) is 16.2 Å². The number of amides is 1. The molecule has 2 aromatic carbocycles. The van der Waals surface area contributed by atoms with E-state index in [1.807, 2.05) is 11.5 Å². The van der Waals surface area contributed by atoms with Crippen LogP contribution in [0, 0.1) is 6.92 Å². The maximum Gasteiger partial charge on any atom is 0.261 e. The van der Waals surface area contributed by atoms with E-state index < -0.39 is 15.9 Å². The summed E-state index contributed by atoms with van der Waals surface area (Å²) in [7, 11) is -2.60. The zero-order valence-corrected chi connectivity index (χ0v) is 19.1. The van der Waals surface area contributed by atoms with Crippen LogP contribution in [0.25, 0.3) is 5.82 Å². The minimum absolute atomic E-state index is 0.0278. The maximum atomic E-state index is 12.8. The predicted octanol–water partition coefficient (Wildman–Crippen LogP) is 2.62. The average molecular weight is 480 g/mol. The number of imidazole rings is 1. The molecule has 2 aromatic heterocycles. The molecule has 1 amide bonds. The van der Waals surface area contributed by atoms with Crippen molar-refractivity contribution in [3.8, 4) is 11.6 Å². The van der Waals surface area contributed by atoms with Crippen LogP contribution in [-0.4, -0.2) is 41.0 Å². The summed E-state index contributed by atoms with van der Waals surface area (Å²) in [5, 5.41) is 3.15. The molecule has 0 aliphatic carbocycles. The van der Waals surface area contributed by atoms with Crippen LogP contribution in [0.15, 0.2) is 72.1 Å². The number of nitrogens with zero attached hydrogens (tertiary/aromatic N) is 4. The first-order chi connectivity index (χ1) is 16.3. The predicted molar refractivity (Wildman–Crippen MR) is 126 cm³/mol. The number of hydrogen-bond donors (Lipinski definition) is 3. The number of primary amides is 1. The van der Waals surface area contributed by atoms with Crippen molar-refractivity contribution < 1.29 is 17.9 Å². The van der Waals surface area contributed by atoms with Gasteiger partial charge < -0.3 is 15.8 Å². The Morgan fingerprint density at radius 2 is 1.76 bits per heavy atom. The van der Waals surface area contributed by atoms with Gasteiger partial charge in [-0.15, -0.1) is 0 Å². The third-order valence-electron chi connectivity index (χ3n) is 4.88. The van der Waals surface area contributed by atoms with E-state index in [4.69, 9.17) is 10.5 Å². The molecule has 0 spiro atoms. The quantitative estimate of drug-likeness (QED) is 0.348. The van der Waals surface area contributed by atoms with E-state index in [2.05, 4.69) is 25.0 Å². The average Bonchev–Trinajstić information content (AvgIpc) is 3.25. The van der Waals surface area contributed by atoms with Crippen LogP contribution in [0.2, 0.25) is 0 Å². The number of methoxy groups -OCH3 is 1. The van der Waals surface area contributed by atoms with Crippen molar-refractivity contribution in [3.05, 3.63) is 78.6 Å². The van der Waals surface area contributed by atoms with E-state index in [0.29, 0.717) is 23.0 Å². The van der Waals surface area contributed by atoms with Gasteiger partial charge in [-0.05, 0) is 49.4 Å². The fourth-order valence-corrected chi connectivity index (χ4v) is 4.28. The number of nitrogens with two attached hydrogens (primary N) is 1. The molecule has 0 radical (unpaired) electrons. The Kier molecular flexibility index (Phi) is 6.15. The maximum absolute atomic E-state index is 12.8. The van der Waals surface area contributed by atoms with Gasteiger partial charge in [0.15, 0.2) is 0 Å². The molecule has 4 aromatic rings. The Morgan fingerprint density at radius 1 is 1.03 bits per heavy atom. The molecule has 174 valence electrons. The van der Waals surface area contributed by atoms with Crippen molar-refractivity contribution in [1.29, 1.82) is 0 Å². The van der Waals surface area contributed by atoms with E-state index in [1.54, 1.807) is 42.7 Å². The van der Waals surface area contributed by atoms with Gasteiger partial charge in [0.05, 0.1) is 17.6 Å². The Bertz CT molecular complexity index is 1450. The molecule has 34 heavy (non-hydrogen) atoms. The summed E-state index contributed by atoms with van der Waals surface area (Å²) in [5.41, 5.74) is 6.32. The summed E-state index contributed by atoms with van der Waals surface area (Å²) in [6.07, 6.45) is 4.93. The van der Waals surface area contributed by atoms with Crippen molar-refractivity contribution in [3.63, 3.8) is 0 Å². The third-order valence-corrected chi connectivity index (χ3v) is 6.26. The number of carbonyl (C=O) groups excluding carboxylic acids is 1. The second-order valence-electron chi connectivity index (χ2n) is 7.14. The zero-order valence-electron chi connectivity index (χ0n) is 18.3. The lowest BCUT2D eigenvalue weighted by Crippen LogP contribution is -2.16. The highest BCUT2D eigenvalue weighted by atomic mass is 32.2. The van der Waals surface area contributed by atoms with Crippen LogP contribution < -0.4 is 20.5 Å². The van der Waals surface area contributed by atoms with Gasteiger partial charge in [0.25, 0.3) is 15.9 Å². The molecule has 4 rings (SSSR count). The first-order valence-corrected chi connectivity index (χ1v) is 11.5. The molecule has 0 bridgehead atoms. The third kappa shape index (κ3) is 4.81. The summed E-state index contributed by atoms with van der Waals surface area (Å²) in [4.78, 5) is 24.2. The van der Waals surface area contributed by atoms with Gasteiger partial charge in [-0.3, -0.25) is 14.1 Å². The van der Waals surface area contributed by atoms with Crippen LogP contribution in [0.5, 0.6) is 5.75 Å². The molecule has 2 heterocycles. The van der Waals surface area contributed by atoms with Crippen molar-refractivity contribution in [1.82, 2.24) is 19.5 Å².